The number of hydrogen-bond donors (Lipinski definition) is 3. The molecular weight excluding hydrogens is 495 g/mol. The molecule has 188 valence electrons. The minimum atomic E-state index is -0.698. The molecule has 0 bridgehead atoms. The number of amides is 4. The van der Waals surface area contributed by atoms with E-state index in [-0.39, 0.29) is 20.4 Å². The number of urea groups is 1. The second-order valence-corrected chi connectivity index (χ2v) is 9.72. The number of aromatic hydroxyl groups is 1. The van der Waals surface area contributed by atoms with E-state index in [0.717, 1.165) is 16.7 Å². The Hall–Kier alpha value is -4.43. The van der Waals surface area contributed by atoms with Crippen molar-refractivity contribution in [2.24, 2.45) is 0 Å². The van der Waals surface area contributed by atoms with Crippen LogP contribution < -0.4 is 15.4 Å². The van der Waals surface area contributed by atoms with Crippen LogP contribution in [0.4, 0.5) is 4.79 Å². The standard InChI is InChI=1S/C26H23N4O6P/c1-35-18-6-4-17-13-30(25(33)20(17)11-18)37-24(29-26(34)28-14-31)23-10-16-3-2-15(5-7-22(16)36-23)19-8-9-27-12-21(19)32/h2,4-12,14,24,32,37H,3,13H2,1H3,(H2,28,29,31,34). The van der Waals surface area contributed by atoms with Gasteiger partial charge >= 0.3 is 6.03 Å². The number of aromatic nitrogens is 1. The number of imide groups is 1. The van der Waals surface area contributed by atoms with E-state index >= 15 is 0 Å². The number of carbonyl (C=O) groups is 3. The van der Waals surface area contributed by atoms with Gasteiger partial charge in [-0.25, -0.2) is 4.79 Å². The Morgan fingerprint density at radius 3 is 2.89 bits per heavy atom. The van der Waals surface area contributed by atoms with E-state index < -0.39 is 11.8 Å². The Kier molecular flexibility index (Phi) is 6.74. The van der Waals surface area contributed by atoms with Crippen molar-refractivity contribution in [1.82, 2.24) is 20.3 Å². The van der Waals surface area contributed by atoms with Crippen molar-refractivity contribution in [3.05, 3.63) is 88.7 Å². The van der Waals surface area contributed by atoms with Crippen LogP contribution in [-0.2, 0) is 17.8 Å². The molecule has 0 saturated carbocycles. The molecule has 1 aromatic carbocycles. The first-order valence-electron chi connectivity index (χ1n) is 11.4. The molecule has 3 N–H and O–H groups in total. The normalized spacial score (nSPS) is 15.1. The van der Waals surface area contributed by atoms with Crippen molar-refractivity contribution >= 4 is 38.7 Å². The fourth-order valence-electron chi connectivity index (χ4n) is 4.25. The lowest BCUT2D eigenvalue weighted by atomic mass is 10.1. The van der Waals surface area contributed by atoms with Crippen LogP contribution in [0.15, 0.2) is 59.3 Å². The molecule has 4 amide bonds. The quantitative estimate of drug-likeness (QED) is 0.320. The van der Waals surface area contributed by atoms with Crippen LogP contribution in [0, 0.1) is 0 Å². The number of benzene rings is 1. The van der Waals surface area contributed by atoms with Gasteiger partial charge in [-0.2, -0.15) is 0 Å². The van der Waals surface area contributed by atoms with E-state index in [1.165, 1.54) is 6.20 Å². The number of pyridine rings is 1. The monoisotopic (exact) mass is 518 g/mol. The van der Waals surface area contributed by atoms with Gasteiger partial charge in [0.1, 0.15) is 28.8 Å². The Morgan fingerprint density at radius 2 is 2.11 bits per heavy atom. The number of ether oxygens (including phenoxy) is 1. The highest BCUT2D eigenvalue weighted by atomic mass is 31.1. The molecule has 3 aromatic rings. The molecule has 10 nitrogen and oxygen atoms in total. The number of carbonyl (C=O) groups excluding carboxylic acids is 3. The van der Waals surface area contributed by atoms with Gasteiger partial charge in [0.25, 0.3) is 5.91 Å². The summed E-state index contributed by atoms with van der Waals surface area (Å²) in [5, 5.41) is 15.0. The van der Waals surface area contributed by atoms with Crippen LogP contribution in [0.5, 0.6) is 11.5 Å². The van der Waals surface area contributed by atoms with Gasteiger partial charge in [0.05, 0.1) is 19.9 Å². The average molecular weight is 518 g/mol. The van der Waals surface area contributed by atoms with Crippen LogP contribution in [0.2, 0.25) is 0 Å². The number of methoxy groups -OCH3 is 1. The van der Waals surface area contributed by atoms with Crippen molar-refractivity contribution < 1.29 is 28.6 Å². The number of hydrogen-bond acceptors (Lipinski definition) is 7. The van der Waals surface area contributed by atoms with Gasteiger partial charge in [-0.1, -0.05) is 18.2 Å². The van der Waals surface area contributed by atoms with Crippen LogP contribution in [0.25, 0.3) is 11.6 Å². The molecule has 1 aliphatic heterocycles. The number of nitrogens with zero attached hydrogens (tertiary/aromatic N) is 2. The first-order valence-corrected chi connectivity index (χ1v) is 12.4. The summed E-state index contributed by atoms with van der Waals surface area (Å²) in [6, 6.07) is 8.22. The molecule has 3 heterocycles. The first-order chi connectivity index (χ1) is 18.0. The first kappa shape index (κ1) is 24.3. The van der Waals surface area contributed by atoms with Gasteiger partial charge < -0.3 is 24.2 Å². The molecule has 1 aliphatic carbocycles. The molecule has 0 saturated heterocycles. The second kappa shape index (κ2) is 10.3. The summed E-state index contributed by atoms with van der Waals surface area (Å²) < 4.78 is 13.0. The fourth-order valence-corrected chi connectivity index (χ4v) is 5.53. The van der Waals surface area contributed by atoms with Crippen molar-refractivity contribution in [1.29, 1.82) is 0 Å². The summed E-state index contributed by atoms with van der Waals surface area (Å²) in [6.45, 7) is 0.381. The molecule has 5 rings (SSSR count). The molecular formula is C26H23N4O6P. The zero-order chi connectivity index (χ0) is 25.9. The molecule has 0 fully saturated rings. The summed E-state index contributed by atoms with van der Waals surface area (Å²) in [6.07, 6.45) is 9.42. The summed E-state index contributed by atoms with van der Waals surface area (Å²) in [7, 11) is 1.35. The molecule has 37 heavy (non-hydrogen) atoms. The van der Waals surface area contributed by atoms with Crippen LogP contribution in [0.3, 0.4) is 0 Å². The summed E-state index contributed by atoms with van der Waals surface area (Å²) in [5.41, 5.74) is 3.78. The average Bonchev–Trinajstić information content (AvgIpc) is 3.38. The summed E-state index contributed by atoms with van der Waals surface area (Å²) in [5.74, 6) is 0.868. The topological polar surface area (TPSA) is 134 Å². The summed E-state index contributed by atoms with van der Waals surface area (Å²) >= 11 is 0. The van der Waals surface area contributed by atoms with Crippen molar-refractivity contribution in [2.45, 2.75) is 18.7 Å². The highest BCUT2D eigenvalue weighted by Crippen LogP contribution is 2.43. The van der Waals surface area contributed by atoms with Gasteiger partial charge in [0.2, 0.25) is 6.41 Å². The smallest absolute Gasteiger partial charge is 0.322 e. The Bertz CT molecular complexity index is 1450. The van der Waals surface area contributed by atoms with E-state index in [4.69, 9.17) is 9.15 Å². The maximum atomic E-state index is 13.1. The Morgan fingerprint density at radius 1 is 1.24 bits per heavy atom. The van der Waals surface area contributed by atoms with Gasteiger partial charge in [0.15, 0.2) is 0 Å². The number of furan rings is 1. The fraction of sp³-hybridized carbons (Fsp3) is 0.154. The predicted molar refractivity (Wildman–Crippen MR) is 137 cm³/mol. The molecule has 2 aliphatic rings. The number of nitrogens with one attached hydrogen (secondary N) is 2. The predicted octanol–water partition coefficient (Wildman–Crippen LogP) is 3.75. The lowest BCUT2D eigenvalue weighted by Crippen LogP contribution is -2.36. The van der Waals surface area contributed by atoms with E-state index in [0.29, 0.717) is 47.8 Å². The maximum absolute atomic E-state index is 13.1. The second-order valence-electron chi connectivity index (χ2n) is 8.34. The van der Waals surface area contributed by atoms with Crippen LogP contribution >= 0.6 is 8.73 Å². The highest BCUT2D eigenvalue weighted by molar-refractivity contribution is 7.36. The van der Waals surface area contributed by atoms with E-state index in [9.17, 15) is 19.5 Å². The van der Waals surface area contributed by atoms with Gasteiger partial charge in [0, 0.05) is 31.6 Å². The third-order valence-electron chi connectivity index (χ3n) is 6.08. The lowest BCUT2D eigenvalue weighted by Gasteiger charge is -2.23. The minimum Gasteiger partial charge on any atom is -0.506 e. The molecule has 0 spiro atoms. The third kappa shape index (κ3) is 4.96. The molecule has 2 unspecified atom stereocenters. The summed E-state index contributed by atoms with van der Waals surface area (Å²) in [4.78, 5) is 40.1. The number of allylic oxidation sites excluding steroid dienone is 3. The van der Waals surface area contributed by atoms with E-state index in [1.54, 1.807) is 42.3 Å². The third-order valence-corrected chi connectivity index (χ3v) is 7.44. The SMILES string of the molecule is COc1ccc2c(c1)C(=O)N(PC(NC(=O)NC=O)c1cc3c(o1)C=CC(c1ccncc1O)=CC3)C2. The molecule has 2 aromatic heterocycles. The van der Waals surface area contributed by atoms with Crippen molar-refractivity contribution in [3.63, 3.8) is 0 Å². The molecule has 2 atom stereocenters. The Labute approximate surface area is 213 Å². The van der Waals surface area contributed by atoms with Crippen LogP contribution in [0.1, 0.15) is 44.4 Å². The number of rotatable bonds is 7. The zero-order valence-corrected chi connectivity index (χ0v) is 20.7. The minimum absolute atomic E-state index is 0.0816. The lowest BCUT2D eigenvalue weighted by molar-refractivity contribution is -0.108. The van der Waals surface area contributed by atoms with E-state index in [1.807, 2.05) is 24.3 Å². The van der Waals surface area contributed by atoms with Crippen molar-refractivity contribution in [2.75, 3.05) is 7.11 Å². The van der Waals surface area contributed by atoms with E-state index in [2.05, 4.69) is 15.6 Å². The van der Waals surface area contributed by atoms with Crippen molar-refractivity contribution in [3.8, 4) is 11.5 Å². The Balaban J connectivity index is 1.39. The number of fused-ring (bicyclic) bond motifs is 2. The van der Waals surface area contributed by atoms with Gasteiger partial charge in [-0.3, -0.25) is 19.9 Å². The van der Waals surface area contributed by atoms with Gasteiger partial charge in [-0.05, 0) is 47.9 Å². The largest absolute Gasteiger partial charge is 0.506 e. The maximum Gasteiger partial charge on any atom is 0.322 e. The highest BCUT2D eigenvalue weighted by Gasteiger charge is 2.32. The van der Waals surface area contributed by atoms with Crippen LogP contribution in [-0.4, -0.2) is 40.2 Å². The molecule has 11 heteroatoms. The zero-order valence-electron chi connectivity index (χ0n) is 19.7. The molecule has 0 radical (unpaired) electrons. The van der Waals surface area contributed by atoms with Gasteiger partial charge in [-0.15, -0.1) is 0 Å².